The molecule has 28 heavy (non-hydrogen) atoms. The zero-order valence-corrected chi connectivity index (χ0v) is 16.3. The van der Waals surface area contributed by atoms with E-state index in [0.717, 1.165) is 5.56 Å². The zero-order valence-electron chi connectivity index (χ0n) is 15.6. The molecule has 0 bridgehead atoms. The number of piperidine rings is 1. The summed E-state index contributed by atoms with van der Waals surface area (Å²) in [6, 6.07) is 14.4. The van der Waals surface area contributed by atoms with Crippen LogP contribution in [0.5, 0.6) is 0 Å². The summed E-state index contributed by atoms with van der Waals surface area (Å²) in [5, 5.41) is 12.8. The average molecular weight is 397 g/mol. The predicted molar refractivity (Wildman–Crippen MR) is 110 cm³/mol. The molecule has 0 unspecified atom stereocenters. The van der Waals surface area contributed by atoms with E-state index in [9.17, 15) is 14.7 Å². The fourth-order valence-electron chi connectivity index (χ4n) is 3.89. The number of pyridine rings is 1. The molecule has 0 radical (unpaired) electrons. The Morgan fingerprint density at radius 2 is 1.64 bits per heavy atom. The van der Waals surface area contributed by atoms with E-state index in [2.05, 4.69) is 0 Å². The number of likely N-dealkylation sites (tertiary alicyclic amines) is 1. The summed E-state index contributed by atoms with van der Waals surface area (Å²) in [6.07, 6.45) is 2.50. The summed E-state index contributed by atoms with van der Waals surface area (Å²) >= 11 is 5.94. The van der Waals surface area contributed by atoms with Gasteiger partial charge in [-0.3, -0.25) is 9.59 Å². The summed E-state index contributed by atoms with van der Waals surface area (Å²) in [6.45, 7) is 0.879. The van der Waals surface area contributed by atoms with E-state index in [1.165, 1.54) is 4.57 Å². The van der Waals surface area contributed by atoms with Crippen molar-refractivity contribution in [1.82, 2.24) is 9.47 Å². The maximum Gasteiger partial charge on any atom is 0.258 e. The Morgan fingerprint density at radius 1 is 1.04 bits per heavy atom. The average Bonchev–Trinajstić information content (AvgIpc) is 2.71. The first-order chi connectivity index (χ1) is 13.4. The fourth-order valence-corrected chi connectivity index (χ4v) is 4.01. The fraction of sp³-hybridized carbons (Fsp3) is 0.273. The van der Waals surface area contributed by atoms with E-state index in [1.807, 2.05) is 18.2 Å². The topological polar surface area (TPSA) is 62.5 Å². The molecule has 1 N–H and O–H groups in total. The molecule has 1 aromatic heterocycles. The van der Waals surface area contributed by atoms with Crippen molar-refractivity contribution >= 4 is 28.3 Å². The van der Waals surface area contributed by atoms with E-state index in [1.54, 1.807) is 48.5 Å². The standard InChI is InChI=1S/C22H21ClN2O3/c1-24-14-19(17-4-2-3-5-18(17)20(24)26)21(27)25-12-10-22(28,11-13-25)15-6-8-16(23)9-7-15/h2-9,14,28H,10-13H2,1H3. The molecule has 144 valence electrons. The van der Waals surface area contributed by atoms with E-state index in [4.69, 9.17) is 11.6 Å². The maximum atomic E-state index is 13.2. The van der Waals surface area contributed by atoms with Crippen molar-refractivity contribution in [3.8, 4) is 0 Å². The second kappa shape index (κ2) is 7.08. The van der Waals surface area contributed by atoms with Gasteiger partial charge in [0.05, 0.1) is 11.2 Å². The van der Waals surface area contributed by atoms with Gasteiger partial charge in [0, 0.05) is 42.1 Å². The van der Waals surface area contributed by atoms with Gasteiger partial charge in [0.25, 0.3) is 11.5 Å². The van der Waals surface area contributed by atoms with Crippen molar-refractivity contribution in [2.24, 2.45) is 7.05 Å². The lowest BCUT2D eigenvalue weighted by Gasteiger charge is -2.38. The highest BCUT2D eigenvalue weighted by molar-refractivity contribution is 6.30. The van der Waals surface area contributed by atoms with Gasteiger partial charge in [-0.2, -0.15) is 0 Å². The first kappa shape index (κ1) is 18.7. The van der Waals surface area contributed by atoms with Crippen molar-refractivity contribution in [2.75, 3.05) is 13.1 Å². The minimum Gasteiger partial charge on any atom is -0.385 e. The molecule has 0 saturated carbocycles. The Labute approximate surface area is 167 Å². The van der Waals surface area contributed by atoms with Crippen LogP contribution in [0.1, 0.15) is 28.8 Å². The van der Waals surface area contributed by atoms with Crippen LogP contribution in [0.3, 0.4) is 0 Å². The van der Waals surface area contributed by atoms with Crippen LogP contribution < -0.4 is 5.56 Å². The lowest BCUT2D eigenvalue weighted by molar-refractivity contribution is -0.0211. The molecule has 2 aromatic carbocycles. The molecule has 4 rings (SSSR count). The van der Waals surface area contributed by atoms with Gasteiger partial charge in [0.15, 0.2) is 0 Å². The second-order valence-corrected chi connectivity index (χ2v) is 7.77. The molecule has 1 saturated heterocycles. The third-order valence-electron chi connectivity index (χ3n) is 5.58. The number of carbonyl (C=O) groups is 1. The zero-order chi connectivity index (χ0) is 19.9. The summed E-state index contributed by atoms with van der Waals surface area (Å²) in [5.74, 6) is -0.120. The summed E-state index contributed by atoms with van der Waals surface area (Å²) in [7, 11) is 1.65. The molecule has 1 aliphatic heterocycles. The van der Waals surface area contributed by atoms with Crippen molar-refractivity contribution < 1.29 is 9.90 Å². The van der Waals surface area contributed by atoms with E-state index in [-0.39, 0.29) is 11.5 Å². The van der Waals surface area contributed by atoms with Gasteiger partial charge in [-0.1, -0.05) is 41.9 Å². The predicted octanol–water partition coefficient (Wildman–Crippen LogP) is 3.32. The van der Waals surface area contributed by atoms with Gasteiger partial charge in [-0.05, 0) is 36.6 Å². The van der Waals surface area contributed by atoms with Gasteiger partial charge in [-0.15, -0.1) is 0 Å². The number of benzene rings is 2. The first-order valence-corrected chi connectivity index (χ1v) is 9.63. The van der Waals surface area contributed by atoms with Crippen LogP contribution in [0.15, 0.2) is 59.5 Å². The first-order valence-electron chi connectivity index (χ1n) is 9.25. The molecule has 0 spiro atoms. The molecule has 2 heterocycles. The Hall–Kier alpha value is -2.63. The van der Waals surface area contributed by atoms with Crippen molar-refractivity contribution in [1.29, 1.82) is 0 Å². The molecule has 6 heteroatoms. The highest BCUT2D eigenvalue weighted by Crippen LogP contribution is 2.34. The number of aliphatic hydroxyl groups is 1. The highest BCUT2D eigenvalue weighted by Gasteiger charge is 2.36. The smallest absolute Gasteiger partial charge is 0.258 e. The van der Waals surface area contributed by atoms with Crippen LogP contribution in [-0.2, 0) is 12.6 Å². The Bertz CT molecular complexity index is 1100. The SMILES string of the molecule is Cn1cc(C(=O)N2CCC(O)(c3ccc(Cl)cc3)CC2)c2ccccc2c1=O. The summed E-state index contributed by atoms with van der Waals surface area (Å²) in [5.41, 5.74) is 0.238. The minimum absolute atomic E-state index is 0.120. The van der Waals surface area contributed by atoms with Crippen LogP contribution in [0, 0.1) is 0 Å². The van der Waals surface area contributed by atoms with Gasteiger partial charge in [0.2, 0.25) is 0 Å². The molecule has 1 fully saturated rings. The van der Waals surface area contributed by atoms with E-state index >= 15 is 0 Å². The monoisotopic (exact) mass is 396 g/mol. The molecule has 1 amide bonds. The van der Waals surface area contributed by atoms with Gasteiger partial charge < -0.3 is 14.6 Å². The molecule has 0 atom stereocenters. The maximum absolute atomic E-state index is 13.2. The second-order valence-electron chi connectivity index (χ2n) is 7.34. The number of nitrogens with zero attached hydrogens (tertiary/aromatic N) is 2. The summed E-state index contributed by atoms with van der Waals surface area (Å²) in [4.78, 5) is 27.3. The molecular weight excluding hydrogens is 376 g/mol. The largest absolute Gasteiger partial charge is 0.385 e. The Morgan fingerprint density at radius 3 is 2.29 bits per heavy atom. The van der Waals surface area contributed by atoms with Crippen molar-refractivity contribution in [2.45, 2.75) is 18.4 Å². The van der Waals surface area contributed by atoms with Crippen molar-refractivity contribution in [3.63, 3.8) is 0 Å². The number of rotatable bonds is 2. The molecule has 3 aromatic rings. The Kier molecular flexibility index (Phi) is 4.73. The minimum atomic E-state index is -0.965. The molecule has 5 nitrogen and oxygen atoms in total. The summed E-state index contributed by atoms with van der Waals surface area (Å²) < 4.78 is 1.45. The van der Waals surface area contributed by atoms with E-state index in [0.29, 0.717) is 47.3 Å². The number of hydrogen-bond acceptors (Lipinski definition) is 3. The molecule has 0 aliphatic carbocycles. The third kappa shape index (κ3) is 3.21. The molecular formula is C22H21ClN2O3. The number of halogens is 1. The highest BCUT2D eigenvalue weighted by atomic mass is 35.5. The lowest BCUT2D eigenvalue weighted by atomic mass is 9.84. The number of fused-ring (bicyclic) bond motifs is 1. The quantitative estimate of drug-likeness (QED) is 0.722. The lowest BCUT2D eigenvalue weighted by Crippen LogP contribution is -2.45. The Balaban J connectivity index is 1.60. The van der Waals surface area contributed by atoms with Crippen LogP contribution in [0.4, 0.5) is 0 Å². The van der Waals surface area contributed by atoms with Gasteiger partial charge >= 0.3 is 0 Å². The number of aryl methyl sites for hydroxylation is 1. The van der Waals surface area contributed by atoms with Crippen LogP contribution in [0.25, 0.3) is 10.8 Å². The molecule has 1 aliphatic rings. The number of amides is 1. The van der Waals surface area contributed by atoms with Crippen LogP contribution in [-0.4, -0.2) is 33.6 Å². The number of hydrogen-bond donors (Lipinski definition) is 1. The van der Waals surface area contributed by atoms with E-state index < -0.39 is 5.60 Å². The number of aromatic nitrogens is 1. The third-order valence-corrected chi connectivity index (χ3v) is 5.83. The normalized spacial score (nSPS) is 16.3. The van der Waals surface area contributed by atoms with Crippen LogP contribution in [0.2, 0.25) is 5.02 Å². The van der Waals surface area contributed by atoms with Crippen molar-refractivity contribution in [3.05, 3.63) is 81.2 Å². The van der Waals surface area contributed by atoms with Crippen LogP contribution >= 0.6 is 11.6 Å². The number of carbonyl (C=O) groups excluding carboxylic acids is 1. The van der Waals surface area contributed by atoms with Gasteiger partial charge in [0.1, 0.15) is 0 Å². The van der Waals surface area contributed by atoms with Gasteiger partial charge in [-0.25, -0.2) is 0 Å².